The minimum Gasteiger partial charge on any atom is -0.481 e. The fourth-order valence-corrected chi connectivity index (χ4v) is 2.25. The molecule has 1 aliphatic rings. The van der Waals surface area contributed by atoms with E-state index >= 15 is 0 Å². The molecule has 0 spiro atoms. The highest BCUT2D eigenvalue weighted by molar-refractivity contribution is 5.74. The second-order valence-corrected chi connectivity index (χ2v) is 4.99. The van der Waals surface area contributed by atoms with Gasteiger partial charge >= 0.3 is 12.0 Å². The standard InChI is InChI=1S/C13H25N3O4/c17-11-10-15-6-3-7-16(9-8-15)13(20)14-5-2-1-4-12(18)19/h17H,1-11H2,(H,14,20)(H,18,19). The number of nitrogens with one attached hydrogen (secondary N) is 1. The molecule has 0 aromatic rings. The Labute approximate surface area is 119 Å². The molecule has 116 valence electrons. The van der Waals surface area contributed by atoms with Crippen molar-refractivity contribution >= 4 is 12.0 Å². The smallest absolute Gasteiger partial charge is 0.317 e. The van der Waals surface area contributed by atoms with Crippen LogP contribution in [0.4, 0.5) is 4.79 Å². The van der Waals surface area contributed by atoms with Crippen molar-refractivity contribution in [3.05, 3.63) is 0 Å². The quantitative estimate of drug-likeness (QED) is 0.571. The molecule has 0 aromatic heterocycles. The monoisotopic (exact) mass is 287 g/mol. The third-order valence-corrected chi connectivity index (χ3v) is 3.39. The molecule has 7 heteroatoms. The molecule has 0 atom stereocenters. The van der Waals surface area contributed by atoms with Gasteiger partial charge in [-0.1, -0.05) is 0 Å². The van der Waals surface area contributed by atoms with Gasteiger partial charge in [-0.2, -0.15) is 0 Å². The molecule has 1 fully saturated rings. The molecule has 1 heterocycles. The lowest BCUT2D eigenvalue weighted by molar-refractivity contribution is -0.137. The van der Waals surface area contributed by atoms with Gasteiger partial charge in [-0.3, -0.25) is 9.69 Å². The van der Waals surface area contributed by atoms with Crippen LogP contribution >= 0.6 is 0 Å². The summed E-state index contributed by atoms with van der Waals surface area (Å²) in [6.45, 7) is 4.41. The number of aliphatic hydroxyl groups excluding tert-OH is 1. The zero-order chi connectivity index (χ0) is 14.8. The van der Waals surface area contributed by atoms with E-state index in [0.717, 1.165) is 26.1 Å². The Balaban J connectivity index is 2.17. The first-order valence-corrected chi connectivity index (χ1v) is 7.21. The van der Waals surface area contributed by atoms with Gasteiger partial charge in [0.25, 0.3) is 0 Å². The molecule has 2 amide bonds. The molecule has 1 rings (SSSR count). The normalized spacial score (nSPS) is 16.8. The van der Waals surface area contributed by atoms with Crippen LogP contribution in [0.25, 0.3) is 0 Å². The van der Waals surface area contributed by atoms with Crippen LogP contribution in [0.1, 0.15) is 25.7 Å². The Morgan fingerprint density at radius 1 is 1.10 bits per heavy atom. The number of β-amino-alcohol motifs (C(OH)–C–C–N with tert-alkyl or cyclic N) is 1. The average molecular weight is 287 g/mol. The van der Waals surface area contributed by atoms with E-state index in [1.54, 1.807) is 4.90 Å². The molecular formula is C13H25N3O4. The van der Waals surface area contributed by atoms with E-state index in [0.29, 0.717) is 32.5 Å². The molecule has 7 nitrogen and oxygen atoms in total. The summed E-state index contributed by atoms with van der Waals surface area (Å²) in [5.74, 6) is -0.798. The van der Waals surface area contributed by atoms with Crippen LogP contribution in [-0.2, 0) is 4.79 Å². The summed E-state index contributed by atoms with van der Waals surface area (Å²) in [5, 5.41) is 20.2. The summed E-state index contributed by atoms with van der Waals surface area (Å²) in [6.07, 6.45) is 2.32. The lowest BCUT2D eigenvalue weighted by Crippen LogP contribution is -2.42. The van der Waals surface area contributed by atoms with Gasteiger partial charge in [0, 0.05) is 39.1 Å². The summed E-state index contributed by atoms with van der Waals surface area (Å²) in [6, 6.07) is -0.0776. The predicted molar refractivity (Wildman–Crippen MR) is 74.6 cm³/mol. The van der Waals surface area contributed by atoms with Gasteiger partial charge in [0.1, 0.15) is 0 Å². The van der Waals surface area contributed by atoms with Crippen LogP contribution in [0.3, 0.4) is 0 Å². The minimum absolute atomic E-state index is 0.0776. The van der Waals surface area contributed by atoms with E-state index < -0.39 is 5.97 Å². The van der Waals surface area contributed by atoms with Crippen molar-refractivity contribution in [1.29, 1.82) is 0 Å². The Hall–Kier alpha value is -1.34. The van der Waals surface area contributed by atoms with Crippen LogP contribution in [0, 0.1) is 0 Å². The van der Waals surface area contributed by atoms with Crippen molar-refractivity contribution in [3.8, 4) is 0 Å². The van der Waals surface area contributed by atoms with Crippen LogP contribution in [0.5, 0.6) is 0 Å². The number of aliphatic hydroxyl groups is 1. The summed E-state index contributed by atoms with van der Waals surface area (Å²) >= 11 is 0. The summed E-state index contributed by atoms with van der Waals surface area (Å²) in [4.78, 5) is 26.2. The van der Waals surface area contributed by atoms with Crippen molar-refractivity contribution < 1.29 is 19.8 Å². The SMILES string of the molecule is O=C(O)CCCCNC(=O)N1CCCN(CCO)CC1. The fourth-order valence-electron chi connectivity index (χ4n) is 2.25. The zero-order valence-corrected chi connectivity index (χ0v) is 11.9. The molecule has 0 unspecified atom stereocenters. The number of carbonyl (C=O) groups excluding carboxylic acids is 1. The predicted octanol–water partition coefficient (Wildman–Crippen LogP) is -0.0491. The molecule has 0 bridgehead atoms. The third-order valence-electron chi connectivity index (χ3n) is 3.39. The minimum atomic E-state index is -0.798. The zero-order valence-electron chi connectivity index (χ0n) is 11.9. The third kappa shape index (κ3) is 6.72. The van der Waals surface area contributed by atoms with Gasteiger partial charge in [-0.25, -0.2) is 4.79 Å². The molecule has 1 saturated heterocycles. The summed E-state index contributed by atoms with van der Waals surface area (Å²) < 4.78 is 0. The summed E-state index contributed by atoms with van der Waals surface area (Å²) in [7, 11) is 0. The van der Waals surface area contributed by atoms with E-state index in [4.69, 9.17) is 10.2 Å². The number of carboxylic acids is 1. The molecular weight excluding hydrogens is 262 g/mol. The van der Waals surface area contributed by atoms with Crippen molar-refractivity contribution in [2.45, 2.75) is 25.7 Å². The van der Waals surface area contributed by atoms with Crippen LogP contribution < -0.4 is 5.32 Å². The van der Waals surface area contributed by atoms with E-state index in [9.17, 15) is 9.59 Å². The number of hydrogen-bond acceptors (Lipinski definition) is 4. The van der Waals surface area contributed by atoms with E-state index in [1.165, 1.54) is 0 Å². The number of carboxylic acid groups (broad SMARTS) is 1. The van der Waals surface area contributed by atoms with E-state index in [-0.39, 0.29) is 19.1 Å². The number of hydrogen-bond donors (Lipinski definition) is 3. The maximum atomic E-state index is 11.9. The Morgan fingerprint density at radius 2 is 1.90 bits per heavy atom. The second-order valence-electron chi connectivity index (χ2n) is 4.99. The van der Waals surface area contributed by atoms with Gasteiger partial charge in [0.15, 0.2) is 0 Å². The lowest BCUT2D eigenvalue weighted by Gasteiger charge is -2.21. The molecule has 20 heavy (non-hydrogen) atoms. The van der Waals surface area contributed by atoms with E-state index in [1.807, 2.05) is 0 Å². The number of rotatable bonds is 7. The molecule has 0 radical (unpaired) electrons. The molecule has 1 aliphatic heterocycles. The molecule has 0 saturated carbocycles. The highest BCUT2D eigenvalue weighted by atomic mass is 16.4. The van der Waals surface area contributed by atoms with Crippen molar-refractivity contribution in [2.75, 3.05) is 45.9 Å². The van der Waals surface area contributed by atoms with E-state index in [2.05, 4.69) is 10.2 Å². The first-order valence-electron chi connectivity index (χ1n) is 7.21. The molecule has 0 aliphatic carbocycles. The van der Waals surface area contributed by atoms with Gasteiger partial charge in [0.2, 0.25) is 0 Å². The number of aliphatic carboxylic acids is 1. The Kier molecular flexibility index (Phi) is 7.98. The first-order chi connectivity index (χ1) is 9.63. The van der Waals surface area contributed by atoms with Gasteiger partial charge in [0.05, 0.1) is 6.61 Å². The van der Waals surface area contributed by atoms with Crippen molar-refractivity contribution in [1.82, 2.24) is 15.1 Å². The van der Waals surface area contributed by atoms with Crippen LogP contribution in [0.15, 0.2) is 0 Å². The number of amides is 2. The second kappa shape index (κ2) is 9.55. The Bertz CT molecular complexity index is 312. The Morgan fingerprint density at radius 3 is 2.60 bits per heavy atom. The maximum absolute atomic E-state index is 11.9. The molecule has 3 N–H and O–H groups in total. The number of nitrogens with zero attached hydrogens (tertiary/aromatic N) is 2. The van der Waals surface area contributed by atoms with Crippen LogP contribution in [0.2, 0.25) is 0 Å². The van der Waals surface area contributed by atoms with Crippen molar-refractivity contribution in [2.24, 2.45) is 0 Å². The first kappa shape index (κ1) is 16.7. The van der Waals surface area contributed by atoms with Crippen molar-refractivity contribution in [3.63, 3.8) is 0 Å². The summed E-state index contributed by atoms with van der Waals surface area (Å²) in [5.41, 5.74) is 0. The number of carbonyl (C=O) groups is 2. The maximum Gasteiger partial charge on any atom is 0.317 e. The van der Waals surface area contributed by atoms with Crippen LogP contribution in [-0.4, -0.2) is 77.9 Å². The molecule has 0 aromatic carbocycles. The average Bonchev–Trinajstić information content (AvgIpc) is 2.64. The number of urea groups is 1. The van der Waals surface area contributed by atoms with Gasteiger partial charge in [-0.15, -0.1) is 0 Å². The highest BCUT2D eigenvalue weighted by Gasteiger charge is 2.18. The highest BCUT2D eigenvalue weighted by Crippen LogP contribution is 2.03. The fraction of sp³-hybridized carbons (Fsp3) is 0.846. The number of unbranched alkanes of at least 4 members (excludes halogenated alkanes) is 1. The largest absolute Gasteiger partial charge is 0.481 e. The van der Waals surface area contributed by atoms with Gasteiger partial charge in [-0.05, 0) is 25.8 Å². The lowest BCUT2D eigenvalue weighted by atomic mass is 10.2. The van der Waals surface area contributed by atoms with Gasteiger partial charge < -0.3 is 20.4 Å². The topological polar surface area (TPSA) is 93.1 Å².